The van der Waals surface area contributed by atoms with E-state index < -0.39 is 54.4 Å². The quantitative estimate of drug-likeness (QED) is 0.487. The Kier molecular flexibility index (Phi) is 6.25. The second-order valence-corrected chi connectivity index (χ2v) is 11.3. The van der Waals surface area contributed by atoms with E-state index >= 15 is 0 Å². The van der Waals surface area contributed by atoms with Gasteiger partial charge in [0.15, 0.2) is 5.78 Å². The highest BCUT2D eigenvalue weighted by atomic mass is 16.7. The maximum atomic E-state index is 14.4. The van der Waals surface area contributed by atoms with Crippen LogP contribution in [0.2, 0.25) is 0 Å². The summed E-state index contributed by atoms with van der Waals surface area (Å²) >= 11 is 0. The van der Waals surface area contributed by atoms with E-state index in [1.807, 2.05) is 13.8 Å². The van der Waals surface area contributed by atoms with Crippen molar-refractivity contribution in [3.63, 3.8) is 0 Å². The van der Waals surface area contributed by atoms with Gasteiger partial charge in [-0.3, -0.25) is 9.59 Å². The minimum Gasteiger partial charge on any atom is -0.507 e. The van der Waals surface area contributed by atoms with Gasteiger partial charge in [0.2, 0.25) is 18.3 Å². The predicted molar refractivity (Wildman–Crippen MR) is 140 cm³/mol. The fourth-order valence-electron chi connectivity index (χ4n) is 6.17. The Morgan fingerprint density at radius 3 is 2.55 bits per heavy atom. The monoisotopic (exact) mass is 549 g/mol. The maximum absolute atomic E-state index is 14.4. The Bertz CT molecular complexity index is 1470. The summed E-state index contributed by atoms with van der Waals surface area (Å²) in [5.41, 5.74) is 1.42. The molecule has 2 saturated heterocycles. The molecule has 6 rings (SSSR count). The summed E-state index contributed by atoms with van der Waals surface area (Å²) in [6.45, 7) is 7.29. The number of aliphatic hydroxyl groups is 2. The molecule has 10 nitrogen and oxygen atoms in total. The van der Waals surface area contributed by atoms with Crippen molar-refractivity contribution >= 4 is 23.1 Å². The van der Waals surface area contributed by atoms with Crippen LogP contribution < -0.4 is 4.74 Å². The van der Waals surface area contributed by atoms with Crippen molar-refractivity contribution in [3.8, 4) is 11.5 Å². The number of esters is 1. The Labute approximate surface area is 230 Å². The summed E-state index contributed by atoms with van der Waals surface area (Å²) in [6, 6.07) is 7.09. The molecule has 2 aromatic carbocycles. The molecule has 0 radical (unpaired) electrons. The Hall–Kier alpha value is -3.73. The first-order valence-electron chi connectivity index (χ1n) is 13.5. The number of aromatic hydroxyl groups is 1. The van der Waals surface area contributed by atoms with Crippen LogP contribution in [-0.4, -0.2) is 68.4 Å². The van der Waals surface area contributed by atoms with Crippen molar-refractivity contribution in [2.45, 2.75) is 77.4 Å². The fraction of sp³-hybridized carbons (Fsp3) is 0.433. The van der Waals surface area contributed by atoms with Crippen LogP contribution in [0.15, 0.2) is 36.0 Å². The number of aliphatic hydroxyl groups excluding tert-OH is 2. The van der Waals surface area contributed by atoms with Crippen LogP contribution in [0.1, 0.15) is 77.2 Å². The number of benzene rings is 2. The van der Waals surface area contributed by atoms with Crippen molar-refractivity contribution in [1.29, 1.82) is 0 Å². The zero-order valence-electron chi connectivity index (χ0n) is 22.6. The first-order chi connectivity index (χ1) is 19.0. The Balaban J connectivity index is 1.51. The van der Waals surface area contributed by atoms with Crippen LogP contribution in [-0.2, 0) is 14.3 Å². The summed E-state index contributed by atoms with van der Waals surface area (Å²) in [4.78, 5) is 43.3. The zero-order chi connectivity index (χ0) is 28.6. The molecule has 10 heteroatoms. The van der Waals surface area contributed by atoms with Crippen LogP contribution >= 0.6 is 0 Å². The van der Waals surface area contributed by atoms with E-state index in [0.717, 1.165) is 0 Å². The second kappa shape index (κ2) is 9.43. The molecular weight excluding hydrogens is 518 g/mol. The number of ether oxygens (including phenoxy) is 3. The molecule has 1 aliphatic carbocycles. The van der Waals surface area contributed by atoms with Gasteiger partial charge in [0.25, 0.3) is 0 Å². The molecule has 3 aliphatic heterocycles. The lowest BCUT2D eigenvalue weighted by atomic mass is 9.78. The van der Waals surface area contributed by atoms with Crippen molar-refractivity contribution < 1.29 is 43.9 Å². The number of hydrogen-bond acceptors (Lipinski definition) is 10. The maximum Gasteiger partial charge on any atom is 0.331 e. The summed E-state index contributed by atoms with van der Waals surface area (Å²) in [7, 11) is 0. The SMILES string of the molecule is Cc1cc(O)c2c(c1)C1OC(=O)C(CC(C)C)N1C1=C2C(=O)c2cccc(OC3CC(O)C(O)C(C)O3)c2C1=O. The highest BCUT2D eigenvalue weighted by Crippen LogP contribution is 2.52. The van der Waals surface area contributed by atoms with E-state index in [4.69, 9.17) is 14.2 Å². The van der Waals surface area contributed by atoms with Crippen molar-refractivity contribution in [2.75, 3.05) is 0 Å². The normalized spacial score (nSPS) is 29.2. The van der Waals surface area contributed by atoms with E-state index in [2.05, 4.69) is 0 Å². The van der Waals surface area contributed by atoms with Gasteiger partial charge in [-0.2, -0.15) is 0 Å². The van der Waals surface area contributed by atoms with Gasteiger partial charge in [0, 0.05) is 23.1 Å². The van der Waals surface area contributed by atoms with E-state index in [1.54, 1.807) is 30.9 Å². The molecule has 210 valence electrons. The van der Waals surface area contributed by atoms with Gasteiger partial charge in [-0.05, 0) is 49.9 Å². The van der Waals surface area contributed by atoms with Gasteiger partial charge in [-0.25, -0.2) is 4.79 Å². The molecule has 0 bridgehead atoms. The average Bonchev–Trinajstić information content (AvgIpc) is 3.20. The molecule has 6 atom stereocenters. The molecule has 2 aromatic rings. The topological polar surface area (TPSA) is 143 Å². The third kappa shape index (κ3) is 3.93. The van der Waals surface area contributed by atoms with Crippen LogP contribution in [0.5, 0.6) is 11.5 Å². The first kappa shape index (κ1) is 26.5. The van der Waals surface area contributed by atoms with E-state index in [1.165, 1.54) is 18.2 Å². The van der Waals surface area contributed by atoms with E-state index in [0.29, 0.717) is 17.5 Å². The van der Waals surface area contributed by atoms with Crippen molar-refractivity contribution in [2.24, 2.45) is 5.92 Å². The van der Waals surface area contributed by atoms with Gasteiger partial charge < -0.3 is 34.4 Å². The molecule has 0 spiro atoms. The average molecular weight is 550 g/mol. The van der Waals surface area contributed by atoms with E-state index in [-0.39, 0.29) is 51.8 Å². The fourth-order valence-corrected chi connectivity index (χ4v) is 6.17. The molecule has 3 heterocycles. The summed E-state index contributed by atoms with van der Waals surface area (Å²) in [6.07, 6.45) is -4.50. The number of fused-ring (bicyclic) bond motifs is 6. The lowest BCUT2D eigenvalue weighted by molar-refractivity contribution is -0.216. The molecule has 0 aromatic heterocycles. The van der Waals surface area contributed by atoms with Crippen LogP contribution in [0.25, 0.3) is 5.57 Å². The van der Waals surface area contributed by atoms with Crippen LogP contribution in [0.4, 0.5) is 0 Å². The van der Waals surface area contributed by atoms with E-state index in [9.17, 15) is 29.7 Å². The zero-order valence-corrected chi connectivity index (χ0v) is 22.6. The number of Topliss-reactive ketones (excluding diaryl/α,β-unsaturated/α-hetero) is 2. The van der Waals surface area contributed by atoms with Crippen LogP contribution in [0, 0.1) is 12.8 Å². The molecule has 0 amide bonds. The second-order valence-electron chi connectivity index (χ2n) is 11.3. The molecule has 4 aliphatic rings. The van der Waals surface area contributed by atoms with Crippen molar-refractivity contribution in [1.82, 2.24) is 4.90 Å². The molecule has 6 unspecified atom stereocenters. The van der Waals surface area contributed by atoms with Crippen molar-refractivity contribution in [3.05, 3.63) is 63.8 Å². The van der Waals surface area contributed by atoms with Gasteiger partial charge in [0.05, 0.1) is 23.3 Å². The number of ketones is 2. The number of carbonyl (C=O) groups excluding carboxylic acids is 3. The molecular formula is C30H31NO9. The van der Waals surface area contributed by atoms with Gasteiger partial charge in [-0.15, -0.1) is 0 Å². The van der Waals surface area contributed by atoms with Crippen LogP contribution in [0.3, 0.4) is 0 Å². The number of rotatable bonds is 4. The highest BCUT2D eigenvalue weighted by molar-refractivity contribution is 6.41. The number of aryl methyl sites for hydroxylation is 1. The van der Waals surface area contributed by atoms with Gasteiger partial charge in [-0.1, -0.05) is 26.0 Å². The summed E-state index contributed by atoms with van der Waals surface area (Å²) in [5.74, 6) is -1.57. The Morgan fingerprint density at radius 2 is 1.85 bits per heavy atom. The largest absolute Gasteiger partial charge is 0.507 e. The molecule has 0 saturated carbocycles. The minimum atomic E-state index is -1.09. The number of allylic oxidation sites excluding steroid dienone is 2. The summed E-state index contributed by atoms with van der Waals surface area (Å²) < 4.78 is 17.5. The summed E-state index contributed by atoms with van der Waals surface area (Å²) in [5, 5.41) is 31.3. The standard InChI is InChI=1S/C30H31NO9/c1-12(2)8-17-30(37)40-29-16-9-13(3)10-18(32)22(16)24-25(31(17)29)28(36)23-15(27(24)35)6-5-7-20(23)39-21-11-19(33)26(34)14(4)38-21/h5-7,9-10,12,14,17,19,21,26,29,32-34H,8,11H2,1-4H3. The lowest BCUT2D eigenvalue weighted by Crippen LogP contribution is -2.48. The molecule has 2 fully saturated rings. The highest BCUT2D eigenvalue weighted by Gasteiger charge is 2.54. The number of phenols is 1. The third-order valence-corrected chi connectivity index (χ3v) is 7.96. The molecule has 3 N–H and O–H groups in total. The first-order valence-corrected chi connectivity index (χ1v) is 13.5. The van der Waals surface area contributed by atoms with Gasteiger partial charge >= 0.3 is 5.97 Å². The Morgan fingerprint density at radius 1 is 1.10 bits per heavy atom. The molecule has 40 heavy (non-hydrogen) atoms. The number of nitrogens with zero attached hydrogens (tertiary/aromatic N) is 1. The van der Waals surface area contributed by atoms with Gasteiger partial charge in [0.1, 0.15) is 29.3 Å². The lowest BCUT2D eigenvalue weighted by Gasteiger charge is -2.39. The number of carbonyl (C=O) groups is 3. The smallest absolute Gasteiger partial charge is 0.331 e. The number of hydrogen-bond donors (Lipinski definition) is 3. The number of phenolic OH excluding ortho intramolecular Hbond substituents is 1. The third-order valence-electron chi connectivity index (χ3n) is 7.96. The minimum absolute atomic E-state index is 0.000405. The predicted octanol–water partition coefficient (Wildman–Crippen LogP) is 3.01.